The van der Waals surface area contributed by atoms with E-state index in [9.17, 15) is 27.6 Å². The summed E-state index contributed by atoms with van der Waals surface area (Å²) in [4.78, 5) is 42.0. The summed E-state index contributed by atoms with van der Waals surface area (Å²) in [6.07, 6.45) is -3.89. The number of piperazine rings is 1. The zero-order chi connectivity index (χ0) is 24.5. The molecule has 34 heavy (non-hydrogen) atoms. The fourth-order valence-electron chi connectivity index (χ4n) is 4.08. The lowest BCUT2D eigenvalue weighted by molar-refractivity contribution is -0.154. The molecule has 0 radical (unpaired) electrons. The van der Waals surface area contributed by atoms with Crippen LogP contribution in [0.1, 0.15) is 21.6 Å². The molecule has 2 aliphatic heterocycles. The molecule has 2 aliphatic rings. The average Bonchev–Trinajstić information content (AvgIpc) is 3.29. The maximum atomic E-state index is 14.0. The molecule has 9 nitrogen and oxygen atoms in total. The zero-order valence-corrected chi connectivity index (χ0v) is 18.5. The summed E-state index contributed by atoms with van der Waals surface area (Å²) in [5.41, 5.74) is -0.897. The number of halogens is 3. The van der Waals surface area contributed by atoms with Crippen LogP contribution >= 0.6 is 0 Å². The third-order valence-electron chi connectivity index (χ3n) is 5.95. The van der Waals surface area contributed by atoms with E-state index in [1.165, 1.54) is 20.8 Å². The van der Waals surface area contributed by atoms with E-state index < -0.39 is 35.2 Å². The first-order chi connectivity index (χ1) is 16.2. The van der Waals surface area contributed by atoms with Crippen LogP contribution in [0.4, 0.5) is 13.2 Å². The van der Waals surface area contributed by atoms with Crippen molar-refractivity contribution in [2.75, 3.05) is 52.5 Å². The van der Waals surface area contributed by atoms with Crippen molar-refractivity contribution in [3.8, 4) is 5.69 Å². The topological polar surface area (TPSA) is 88.0 Å². The minimum Gasteiger partial charge on any atom is -0.378 e. The number of carbonyl (C=O) groups excluding carboxylic acids is 3. The van der Waals surface area contributed by atoms with E-state index in [1.807, 2.05) is 0 Å². The van der Waals surface area contributed by atoms with Crippen LogP contribution < -0.4 is 0 Å². The minimum absolute atomic E-state index is 0.00774. The van der Waals surface area contributed by atoms with Crippen molar-refractivity contribution in [2.24, 2.45) is 0 Å². The molecule has 1 aromatic carbocycles. The molecule has 0 unspecified atom stereocenters. The van der Waals surface area contributed by atoms with Gasteiger partial charge in [-0.1, -0.05) is 18.2 Å². The predicted molar refractivity (Wildman–Crippen MR) is 113 cm³/mol. The molecule has 2 saturated heterocycles. The Balaban J connectivity index is 1.49. The van der Waals surface area contributed by atoms with Gasteiger partial charge in [-0.25, -0.2) is 4.68 Å². The Kier molecular flexibility index (Phi) is 6.60. The first kappa shape index (κ1) is 23.7. The van der Waals surface area contributed by atoms with Crippen molar-refractivity contribution < 1.29 is 32.3 Å². The maximum Gasteiger partial charge on any atom is 0.434 e. The number of para-hydroxylation sites is 1. The van der Waals surface area contributed by atoms with Gasteiger partial charge in [-0.3, -0.25) is 14.4 Å². The van der Waals surface area contributed by atoms with Gasteiger partial charge in [0, 0.05) is 39.3 Å². The van der Waals surface area contributed by atoms with Gasteiger partial charge >= 0.3 is 18.0 Å². The highest BCUT2D eigenvalue weighted by Gasteiger charge is 2.42. The van der Waals surface area contributed by atoms with Crippen LogP contribution in [0.3, 0.4) is 0 Å². The monoisotopic (exact) mass is 479 g/mol. The van der Waals surface area contributed by atoms with E-state index in [-0.39, 0.29) is 31.9 Å². The molecular formula is C22H24F3N5O4. The van der Waals surface area contributed by atoms with Gasteiger partial charge < -0.3 is 19.4 Å². The highest BCUT2D eigenvalue weighted by molar-refractivity contribution is 6.35. The van der Waals surface area contributed by atoms with Crippen LogP contribution in [0.15, 0.2) is 30.5 Å². The Labute approximate surface area is 193 Å². The zero-order valence-electron chi connectivity index (χ0n) is 18.5. The van der Waals surface area contributed by atoms with Crippen LogP contribution in [-0.4, -0.2) is 94.7 Å². The number of aryl methyl sites for hydroxylation is 1. The minimum atomic E-state index is -4.81. The molecular weight excluding hydrogens is 455 g/mol. The molecule has 2 aromatic rings. The second-order valence-electron chi connectivity index (χ2n) is 8.09. The summed E-state index contributed by atoms with van der Waals surface area (Å²) in [5, 5.41) is 3.87. The van der Waals surface area contributed by atoms with Crippen molar-refractivity contribution in [3.63, 3.8) is 0 Å². The van der Waals surface area contributed by atoms with Gasteiger partial charge in [0.2, 0.25) is 0 Å². The summed E-state index contributed by atoms with van der Waals surface area (Å²) in [7, 11) is 0. The molecule has 3 heterocycles. The van der Waals surface area contributed by atoms with Crippen LogP contribution in [-0.2, 0) is 20.5 Å². The molecule has 2 fully saturated rings. The van der Waals surface area contributed by atoms with E-state index in [0.717, 1.165) is 10.9 Å². The second kappa shape index (κ2) is 9.45. The van der Waals surface area contributed by atoms with Gasteiger partial charge in [0.15, 0.2) is 5.69 Å². The third kappa shape index (κ3) is 4.63. The van der Waals surface area contributed by atoms with Crippen LogP contribution in [0.2, 0.25) is 0 Å². The second-order valence-corrected chi connectivity index (χ2v) is 8.09. The molecule has 0 bridgehead atoms. The van der Waals surface area contributed by atoms with Gasteiger partial charge in [0.1, 0.15) is 0 Å². The van der Waals surface area contributed by atoms with Crippen LogP contribution in [0.5, 0.6) is 0 Å². The van der Waals surface area contributed by atoms with Gasteiger partial charge in [-0.15, -0.1) is 0 Å². The van der Waals surface area contributed by atoms with Crippen LogP contribution in [0, 0.1) is 6.92 Å². The number of morpholine rings is 1. The molecule has 0 aliphatic carbocycles. The fourth-order valence-corrected chi connectivity index (χ4v) is 4.08. The molecule has 1 aromatic heterocycles. The van der Waals surface area contributed by atoms with E-state index in [2.05, 4.69) is 5.10 Å². The third-order valence-corrected chi connectivity index (χ3v) is 5.95. The number of nitrogens with zero attached hydrogens (tertiary/aromatic N) is 5. The number of ether oxygens (including phenoxy) is 1. The van der Waals surface area contributed by atoms with Crippen molar-refractivity contribution in [1.29, 1.82) is 0 Å². The highest BCUT2D eigenvalue weighted by Crippen LogP contribution is 2.35. The Bertz CT molecular complexity index is 1090. The Hall–Kier alpha value is -3.41. The van der Waals surface area contributed by atoms with Gasteiger partial charge in [0.05, 0.1) is 30.7 Å². The molecule has 0 saturated carbocycles. The molecule has 4 rings (SSSR count). The highest BCUT2D eigenvalue weighted by atomic mass is 19.4. The Morgan fingerprint density at radius 1 is 0.882 bits per heavy atom. The first-order valence-corrected chi connectivity index (χ1v) is 10.8. The summed E-state index contributed by atoms with van der Waals surface area (Å²) < 4.78 is 47.9. The predicted octanol–water partition coefficient (Wildman–Crippen LogP) is 1.34. The first-order valence-electron chi connectivity index (χ1n) is 10.8. The number of amides is 3. The molecule has 0 spiro atoms. The van der Waals surface area contributed by atoms with Gasteiger partial charge in [-0.05, 0) is 18.6 Å². The average molecular weight is 479 g/mol. The Morgan fingerprint density at radius 2 is 1.44 bits per heavy atom. The number of aromatic nitrogens is 2. The fraction of sp³-hybridized carbons (Fsp3) is 0.455. The number of hydrogen-bond acceptors (Lipinski definition) is 5. The van der Waals surface area contributed by atoms with Crippen molar-refractivity contribution in [3.05, 3.63) is 47.3 Å². The molecule has 182 valence electrons. The van der Waals surface area contributed by atoms with E-state index >= 15 is 0 Å². The lowest BCUT2D eigenvalue weighted by atomic mass is 10.1. The van der Waals surface area contributed by atoms with E-state index in [4.69, 9.17) is 4.74 Å². The number of carbonyl (C=O) groups is 3. The summed E-state index contributed by atoms with van der Waals surface area (Å²) in [6.45, 7) is 3.15. The van der Waals surface area contributed by atoms with Crippen molar-refractivity contribution in [1.82, 2.24) is 24.5 Å². The Morgan fingerprint density at radius 3 is 2.03 bits per heavy atom. The standard InChI is InChI=1S/C22H24F3N5O4/c1-15-4-2-3-5-17(15)30-18(22(23,24)25)16(14-26-30)19(31)27-6-8-28(9-7-27)20(32)21(33)29-10-12-34-13-11-29/h2-5,14H,6-13H2,1H3. The van der Waals surface area contributed by atoms with E-state index in [0.29, 0.717) is 31.9 Å². The molecule has 3 amide bonds. The largest absolute Gasteiger partial charge is 0.434 e. The van der Waals surface area contributed by atoms with Crippen molar-refractivity contribution in [2.45, 2.75) is 13.1 Å². The lowest BCUT2D eigenvalue weighted by Crippen LogP contribution is -2.55. The number of alkyl halides is 3. The lowest BCUT2D eigenvalue weighted by Gasteiger charge is -2.35. The number of rotatable bonds is 2. The van der Waals surface area contributed by atoms with Gasteiger partial charge in [0.25, 0.3) is 5.91 Å². The SMILES string of the molecule is Cc1ccccc1-n1ncc(C(=O)N2CCN(C(=O)C(=O)N3CCOCC3)CC2)c1C(F)(F)F. The quantitative estimate of drug-likeness (QED) is 0.607. The molecule has 12 heteroatoms. The van der Waals surface area contributed by atoms with Crippen LogP contribution in [0.25, 0.3) is 5.69 Å². The summed E-state index contributed by atoms with van der Waals surface area (Å²) in [6, 6.07) is 6.46. The molecule has 0 atom stereocenters. The van der Waals surface area contributed by atoms with E-state index in [1.54, 1.807) is 25.1 Å². The number of hydrogen-bond donors (Lipinski definition) is 0. The summed E-state index contributed by atoms with van der Waals surface area (Å²) >= 11 is 0. The molecule has 0 N–H and O–H groups in total. The normalized spacial score (nSPS) is 17.1. The maximum absolute atomic E-state index is 14.0. The van der Waals surface area contributed by atoms with Gasteiger partial charge in [-0.2, -0.15) is 18.3 Å². The number of benzene rings is 1. The smallest absolute Gasteiger partial charge is 0.378 e. The summed E-state index contributed by atoms with van der Waals surface area (Å²) in [5.74, 6) is -2.14. The van der Waals surface area contributed by atoms with Crippen molar-refractivity contribution >= 4 is 17.7 Å².